The summed E-state index contributed by atoms with van der Waals surface area (Å²) in [6.07, 6.45) is 5.04. The molecule has 0 saturated carbocycles. The zero-order chi connectivity index (χ0) is 17.9. The van der Waals surface area contributed by atoms with Gasteiger partial charge in [-0.1, -0.05) is 68.1 Å². The molecule has 0 atom stereocenters. The van der Waals surface area contributed by atoms with Crippen molar-refractivity contribution in [2.24, 2.45) is 0 Å². The Morgan fingerprint density at radius 3 is 2.46 bits per heavy atom. The molecule has 0 spiro atoms. The molecule has 0 fully saturated rings. The first-order chi connectivity index (χ1) is 12.3. The summed E-state index contributed by atoms with van der Waals surface area (Å²) in [5, 5.41) is 4.22. The second kappa shape index (κ2) is 12.9. The van der Waals surface area contributed by atoms with Crippen LogP contribution in [0.1, 0.15) is 43.7 Å². The van der Waals surface area contributed by atoms with E-state index < -0.39 is 0 Å². The SMILES string of the molecule is CCCCCCNCc1cccc(OC)c1OCc1ccccc1Cl.Cl. The lowest BCUT2D eigenvalue weighted by molar-refractivity contribution is 0.280. The third kappa shape index (κ3) is 7.06. The Morgan fingerprint density at radius 1 is 0.962 bits per heavy atom. The number of para-hydroxylation sites is 1. The molecule has 0 aliphatic rings. The van der Waals surface area contributed by atoms with Crippen LogP contribution in [0, 0.1) is 0 Å². The first-order valence-electron chi connectivity index (χ1n) is 8.99. The largest absolute Gasteiger partial charge is 0.493 e. The number of ether oxygens (including phenoxy) is 2. The molecule has 0 heterocycles. The number of methoxy groups -OCH3 is 1. The molecule has 1 N–H and O–H groups in total. The maximum absolute atomic E-state index is 6.22. The highest BCUT2D eigenvalue weighted by atomic mass is 35.5. The fraction of sp³-hybridized carbons (Fsp3) is 0.429. The summed E-state index contributed by atoms with van der Waals surface area (Å²) in [4.78, 5) is 0. The normalized spacial score (nSPS) is 10.3. The Balaban J connectivity index is 0.00000338. The molecular weight excluding hydrogens is 369 g/mol. The summed E-state index contributed by atoms with van der Waals surface area (Å²) in [5.41, 5.74) is 2.07. The fourth-order valence-corrected chi connectivity index (χ4v) is 2.88. The number of benzene rings is 2. The van der Waals surface area contributed by atoms with Gasteiger partial charge >= 0.3 is 0 Å². The molecule has 0 unspecified atom stereocenters. The van der Waals surface area contributed by atoms with Crippen LogP contribution in [0.5, 0.6) is 11.5 Å². The number of rotatable bonds is 11. The van der Waals surface area contributed by atoms with Crippen molar-refractivity contribution < 1.29 is 9.47 Å². The van der Waals surface area contributed by atoms with Crippen molar-refractivity contribution in [2.45, 2.75) is 45.8 Å². The standard InChI is InChI=1S/C21H28ClNO2.ClH/c1-3-4-5-8-14-23-15-17-11-9-13-20(24-2)21(17)25-16-18-10-6-7-12-19(18)22;/h6-7,9-13,23H,3-5,8,14-16H2,1-2H3;1H. The van der Waals surface area contributed by atoms with Gasteiger partial charge in [0.2, 0.25) is 0 Å². The first-order valence-corrected chi connectivity index (χ1v) is 9.36. The lowest BCUT2D eigenvalue weighted by Gasteiger charge is -2.16. The molecule has 144 valence electrons. The number of hydrogen-bond donors (Lipinski definition) is 1. The molecule has 26 heavy (non-hydrogen) atoms. The van der Waals surface area contributed by atoms with E-state index >= 15 is 0 Å². The van der Waals surface area contributed by atoms with E-state index in [2.05, 4.69) is 18.3 Å². The van der Waals surface area contributed by atoms with Crippen molar-refractivity contribution in [3.63, 3.8) is 0 Å². The predicted octanol–water partition coefficient (Wildman–Crippen LogP) is 6.02. The average molecular weight is 398 g/mol. The van der Waals surface area contributed by atoms with Gasteiger partial charge in [0.1, 0.15) is 6.61 Å². The molecule has 0 radical (unpaired) electrons. The second-order valence-electron chi connectivity index (χ2n) is 6.07. The van der Waals surface area contributed by atoms with Crippen LogP contribution in [0.2, 0.25) is 5.02 Å². The fourth-order valence-electron chi connectivity index (χ4n) is 2.69. The van der Waals surface area contributed by atoms with E-state index in [4.69, 9.17) is 21.1 Å². The molecule has 2 rings (SSSR count). The maximum Gasteiger partial charge on any atom is 0.166 e. The molecule has 0 aliphatic heterocycles. The molecule has 2 aromatic rings. The topological polar surface area (TPSA) is 30.5 Å². The van der Waals surface area contributed by atoms with E-state index in [-0.39, 0.29) is 12.4 Å². The Kier molecular flexibility index (Phi) is 11.2. The monoisotopic (exact) mass is 397 g/mol. The summed E-state index contributed by atoms with van der Waals surface area (Å²) in [7, 11) is 1.67. The highest BCUT2D eigenvalue weighted by Crippen LogP contribution is 2.32. The molecule has 0 saturated heterocycles. The lowest BCUT2D eigenvalue weighted by atomic mass is 10.1. The summed E-state index contributed by atoms with van der Waals surface area (Å²) < 4.78 is 11.6. The van der Waals surface area contributed by atoms with Crippen molar-refractivity contribution in [3.8, 4) is 11.5 Å². The average Bonchev–Trinajstić information content (AvgIpc) is 2.64. The van der Waals surface area contributed by atoms with Crippen LogP contribution < -0.4 is 14.8 Å². The van der Waals surface area contributed by atoms with Crippen molar-refractivity contribution in [1.82, 2.24) is 5.32 Å². The van der Waals surface area contributed by atoms with Gasteiger partial charge in [0.25, 0.3) is 0 Å². The van der Waals surface area contributed by atoms with Crippen molar-refractivity contribution in [2.75, 3.05) is 13.7 Å². The molecule has 0 bridgehead atoms. The molecule has 2 aromatic carbocycles. The highest BCUT2D eigenvalue weighted by molar-refractivity contribution is 6.31. The molecular formula is C21H29Cl2NO2. The Morgan fingerprint density at radius 2 is 1.73 bits per heavy atom. The Bertz CT molecular complexity index is 650. The van der Waals surface area contributed by atoms with E-state index in [1.807, 2.05) is 36.4 Å². The first kappa shape index (κ1) is 22.6. The van der Waals surface area contributed by atoms with Crippen molar-refractivity contribution >= 4 is 24.0 Å². The van der Waals surface area contributed by atoms with Gasteiger partial charge in [0, 0.05) is 22.7 Å². The van der Waals surface area contributed by atoms with Gasteiger partial charge in [0.05, 0.1) is 7.11 Å². The third-order valence-corrected chi connectivity index (χ3v) is 4.50. The molecule has 0 amide bonds. The van der Waals surface area contributed by atoms with Crippen LogP contribution in [-0.2, 0) is 13.2 Å². The van der Waals surface area contributed by atoms with Gasteiger partial charge < -0.3 is 14.8 Å². The summed E-state index contributed by atoms with van der Waals surface area (Å²) in [6, 6.07) is 13.7. The van der Waals surface area contributed by atoms with Crippen LogP contribution in [0.25, 0.3) is 0 Å². The number of halogens is 2. The zero-order valence-corrected chi connectivity index (χ0v) is 17.2. The minimum atomic E-state index is 0. The van der Waals surface area contributed by atoms with Crippen LogP contribution in [0.15, 0.2) is 42.5 Å². The molecule has 3 nitrogen and oxygen atoms in total. The highest BCUT2D eigenvalue weighted by Gasteiger charge is 2.11. The van der Waals surface area contributed by atoms with E-state index in [9.17, 15) is 0 Å². The van der Waals surface area contributed by atoms with Gasteiger partial charge in [-0.05, 0) is 25.1 Å². The van der Waals surface area contributed by atoms with Gasteiger partial charge in [-0.15, -0.1) is 12.4 Å². The quantitative estimate of drug-likeness (QED) is 0.470. The van der Waals surface area contributed by atoms with Gasteiger partial charge in [0.15, 0.2) is 11.5 Å². The summed E-state index contributed by atoms with van der Waals surface area (Å²) >= 11 is 6.22. The smallest absolute Gasteiger partial charge is 0.166 e. The second-order valence-corrected chi connectivity index (χ2v) is 6.47. The van der Waals surface area contributed by atoms with Crippen molar-refractivity contribution in [3.05, 3.63) is 58.6 Å². The van der Waals surface area contributed by atoms with E-state index in [1.54, 1.807) is 7.11 Å². The van der Waals surface area contributed by atoms with Crippen LogP contribution in [-0.4, -0.2) is 13.7 Å². The lowest BCUT2D eigenvalue weighted by Crippen LogP contribution is -2.15. The van der Waals surface area contributed by atoms with Gasteiger partial charge in [-0.25, -0.2) is 0 Å². The van der Waals surface area contributed by atoms with Crippen LogP contribution in [0.3, 0.4) is 0 Å². The third-order valence-electron chi connectivity index (χ3n) is 4.13. The number of unbranched alkanes of at least 4 members (excludes halogenated alkanes) is 3. The summed E-state index contributed by atoms with van der Waals surface area (Å²) in [6.45, 7) is 4.43. The van der Waals surface area contributed by atoms with E-state index in [0.29, 0.717) is 11.6 Å². The van der Waals surface area contributed by atoms with E-state index in [0.717, 1.165) is 35.7 Å². The maximum atomic E-state index is 6.22. The number of nitrogens with one attached hydrogen (secondary N) is 1. The van der Waals surface area contributed by atoms with Crippen molar-refractivity contribution in [1.29, 1.82) is 0 Å². The minimum Gasteiger partial charge on any atom is -0.493 e. The van der Waals surface area contributed by atoms with Crippen LogP contribution in [0.4, 0.5) is 0 Å². The predicted molar refractivity (Wildman–Crippen MR) is 112 cm³/mol. The number of hydrogen-bond acceptors (Lipinski definition) is 3. The molecule has 0 aromatic heterocycles. The van der Waals surface area contributed by atoms with E-state index in [1.165, 1.54) is 25.7 Å². The Labute approximate surface area is 168 Å². The van der Waals surface area contributed by atoms with Gasteiger partial charge in [-0.2, -0.15) is 0 Å². The van der Waals surface area contributed by atoms with Crippen LogP contribution >= 0.6 is 24.0 Å². The molecule has 0 aliphatic carbocycles. The van der Waals surface area contributed by atoms with Gasteiger partial charge in [-0.3, -0.25) is 0 Å². The summed E-state index contributed by atoms with van der Waals surface area (Å²) in [5.74, 6) is 1.53. The minimum absolute atomic E-state index is 0. The zero-order valence-electron chi connectivity index (χ0n) is 15.6. The molecule has 5 heteroatoms. The Hall–Kier alpha value is -1.42.